The molecule has 2 amide bonds. The third-order valence-corrected chi connectivity index (χ3v) is 3.63. The molecule has 7 nitrogen and oxygen atoms in total. The van der Waals surface area contributed by atoms with Crippen LogP contribution in [0.25, 0.3) is 11.0 Å². The first-order valence-corrected chi connectivity index (χ1v) is 8.24. The van der Waals surface area contributed by atoms with Crippen LogP contribution >= 0.6 is 0 Å². The van der Waals surface area contributed by atoms with Crippen molar-refractivity contribution >= 4 is 22.8 Å². The van der Waals surface area contributed by atoms with E-state index in [0.29, 0.717) is 17.6 Å². The van der Waals surface area contributed by atoms with Crippen molar-refractivity contribution in [2.75, 3.05) is 13.1 Å². The molecule has 134 valence electrons. The zero-order chi connectivity index (χ0) is 18.6. The van der Waals surface area contributed by atoms with Crippen LogP contribution in [0.3, 0.4) is 0 Å². The Morgan fingerprint density at radius 3 is 2.56 bits per heavy atom. The molecule has 1 aromatic carbocycles. The van der Waals surface area contributed by atoms with Crippen molar-refractivity contribution in [3.05, 3.63) is 40.8 Å². The van der Waals surface area contributed by atoms with Crippen LogP contribution in [0, 0.1) is 0 Å². The van der Waals surface area contributed by atoms with Gasteiger partial charge in [-0.25, -0.2) is 4.98 Å². The molecule has 0 unspecified atom stereocenters. The van der Waals surface area contributed by atoms with E-state index in [4.69, 9.17) is 0 Å². The first-order chi connectivity index (χ1) is 11.7. The van der Waals surface area contributed by atoms with Crippen molar-refractivity contribution in [1.82, 2.24) is 19.8 Å². The van der Waals surface area contributed by atoms with Gasteiger partial charge < -0.3 is 10.2 Å². The van der Waals surface area contributed by atoms with E-state index in [0.717, 1.165) is 0 Å². The van der Waals surface area contributed by atoms with Crippen molar-refractivity contribution in [3.63, 3.8) is 0 Å². The van der Waals surface area contributed by atoms with Crippen molar-refractivity contribution in [2.24, 2.45) is 0 Å². The second kappa shape index (κ2) is 7.46. The summed E-state index contributed by atoms with van der Waals surface area (Å²) in [7, 11) is 0. The SMILES string of the molecule is CCN(CC(=O)NC(C)(C)C)C(=O)Cn1c(=O)cnc2ccccc21. The monoisotopic (exact) mass is 344 g/mol. The second-order valence-electron chi connectivity index (χ2n) is 6.88. The van der Waals surface area contributed by atoms with Crippen LogP contribution in [0.4, 0.5) is 0 Å². The Bertz CT molecular complexity index is 836. The smallest absolute Gasteiger partial charge is 0.269 e. The maximum absolute atomic E-state index is 12.6. The van der Waals surface area contributed by atoms with E-state index in [1.165, 1.54) is 15.7 Å². The van der Waals surface area contributed by atoms with Gasteiger partial charge in [-0.05, 0) is 39.8 Å². The van der Waals surface area contributed by atoms with Crippen LogP contribution < -0.4 is 10.9 Å². The normalized spacial score (nSPS) is 11.4. The quantitative estimate of drug-likeness (QED) is 0.882. The first kappa shape index (κ1) is 18.6. The summed E-state index contributed by atoms with van der Waals surface area (Å²) in [6.07, 6.45) is 1.21. The fourth-order valence-electron chi connectivity index (χ4n) is 2.52. The number of nitrogens with one attached hydrogen (secondary N) is 1. The van der Waals surface area contributed by atoms with Crippen molar-refractivity contribution in [2.45, 2.75) is 39.8 Å². The lowest BCUT2D eigenvalue weighted by Gasteiger charge is -2.25. The minimum Gasteiger partial charge on any atom is -0.350 e. The molecule has 2 aromatic rings. The van der Waals surface area contributed by atoms with E-state index in [-0.39, 0.29) is 36.0 Å². The molecule has 0 saturated carbocycles. The molecule has 7 heteroatoms. The van der Waals surface area contributed by atoms with Gasteiger partial charge in [-0.15, -0.1) is 0 Å². The van der Waals surface area contributed by atoms with E-state index >= 15 is 0 Å². The Hall–Kier alpha value is -2.70. The number of hydrogen-bond acceptors (Lipinski definition) is 4. The lowest BCUT2D eigenvalue weighted by atomic mass is 10.1. The summed E-state index contributed by atoms with van der Waals surface area (Å²) >= 11 is 0. The summed E-state index contributed by atoms with van der Waals surface area (Å²) in [5, 5.41) is 2.83. The number of fused-ring (bicyclic) bond motifs is 1. The maximum atomic E-state index is 12.6. The third-order valence-electron chi connectivity index (χ3n) is 3.63. The number of para-hydroxylation sites is 2. The summed E-state index contributed by atoms with van der Waals surface area (Å²) in [5.74, 6) is -0.514. The fourth-order valence-corrected chi connectivity index (χ4v) is 2.52. The minimum absolute atomic E-state index is 0.0373. The Labute approximate surface area is 146 Å². The highest BCUT2D eigenvalue weighted by molar-refractivity contribution is 5.86. The van der Waals surface area contributed by atoms with E-state index in [1.54, 1.807) is 25.1 Å². The molecule has 0 aliphatic rings. The van der Waals surface area contributed by atoms with E-state index < -0.39 is 0 Å². The van der Waals surface area contributed by atoms with Crippen molar-refractivity contribution in [1.29, 1.82) is 0 Å². The predicted octanol–water partition coefficient (Wildman–Crippen LogP) is 1.16. The number of benzene rings is 1. The standard InChI is InChI=1S/C18H24N4O3/c1-5-21(11-15(23)20-18(2,3)4)17(25)12-22-14-9-7-6-8-13(14)19-10-16(22)24/h6-10H,5,11-12H2,1-4H3,(H,20,23). The molecule has 0 aliphatic carbocycles. The van der Waals surface area contributed by atoms with Gasteiger partial charge in [0.2, 0.25) is 11.8 Å². The van der Waals surface area contributed by atoms with Gasteiger partial charge in [0.25, 0.3) is 5.56 Å². The van der Waals surface area contributed by atoms with E-state index in [2.05, 4.69) is 10.3 Å². The molecule has 1 heterocycles. The molecular weight excluding hydrogens is 320 g/mol. The van der Waals surface area contributed by atoms with Crippen molar-refractivity contribution < 1.29 is 9.59 Å². The van der Waals surface area contributed by atoms with Crippen LogP contribution in [0.1, 0.15) is 27.7 Å². The van der Waals surface area contributed by atoms with E-state index in [1.807, 2.05) is 26.8 Å². The zero-order valence-corrected chi connectivity index (χ0v) is 15.1. The maximum Gasteiger partial charge on any atom is 0.269 e. The first-order valence-electron chi connectivity index (χ1n) is 8.24. The average molecular weight is 344 g/mol. The Morgan fingerprint density at radius 2 is 1.92 bits per heavy atom. The predicted molar refractivity (Wildman–Crippen MR) is 96.2 cm³/mol. The third kappa shape index (κ3) is 4.89. The van der Waals surface area contributed by atoms with Crippen LogP contribution in [0.2, 0.25) is 0 Å². The zero-order valence-electron chi connectivity index (χ0n) is 15.1. The fraction of sp³-hybridized carbons (Fsp3) is 0.444. The number of aromatic nitrogens is 2. The van der Waals surface area contributed by atoms with Crippen LogP contribution in [0.15, 0.2) is 35.3 Å². The number of carbonyl (C=O) groups excluding carboxylic acids is 2. The largest absolute Gasteiger partial charge is 0.350 e. The molecule has 0 spiro atoms. The summed E-state index contributed by atoms with van der Waals surface area (Å²) in [4.78, 5) is 42.3. The van der Waals surface area contributed by atoms with Gasteiger partial charge in [-0.1, -0.05) is 12.1 Å². The summed E-state index contributed by atoms with van der Waals surface area (Å²) in [5.41, 5.74) is 0.529. The van der Waals surface area contributed by atoms with Gasteiger partial charge in [-0.2, -0.15) is 0 Å². The molecule has 0 aliphatic heterocycles. The van der Waals surface area contributed by atoms with Gasteiger partial charge in [-0.3, -0.25) is 19.0 Å². The van der Waals surface area contributed by atoms with Gasteiger partial charge in [0.15, 0.2) is 0 Å². The molecule has 1 aromatic heterocycles. The molecule has 25 heavy (non-hydrogen) atoms. The number of likely N-dealkylation sites (N-methyl/N-ethyl adjacent to an activating group) is 1. The summed E-state index contributed by atoms with van der Waals surface area (Å²) < 4.78 is 1.38. The lowest BCUT2D eigenvalue weighted by molar-refractivity contribution is -0.136. The van der Waals surface area contributed by atoms with Crippen LogP contribution in [-0.2, 0) is 16.1 Å². The number of carbonyl (C=O) groups is 2. The Balaban J connectivity index is 2.19. The molecule has 0 atom stereocenters. The molecule has 1 N–H and O–H groups in total. The number of nitrogens with zero attached hydrogens (tertiary/aromatic N) is 3. The highest BCUT2D eigenvalue weighted by Gasteiger charge is 2.20. The summed E-state index contributed by atoms with van der Waals surface area (Å²) in [6.45, 7) is 7.66. The van der Waals surface area contributed by atoms with Gasteiger partial charge in [0, 0.05) is 12.1 Å². The topological polar surface area (TPSA) is 84.3 Å². The Kier molecular flexibility index (Phi) is 5.56. The molecule has 0 radical (unpaired) electrons. The summed E-state index contributed by atoms with van der Waals surface area (Å²) in [6, 6.07) is 7.14. The number of rotatable bonds is 5. The highest BCUT2D eigenvalue weighted by Crippen LogP contribution is 2.08. The lowest BCUT2D eigenvalue weighted by Crippen LogP contribution is -2.48. The van der Waals surface area contributed by atoms with Gasteiger partial charge >= 0.3 is 0 Å². The molecule has 0 fully saturated rings. The minimum atomic E-state index is -0.363. The van der Waals surface area contributed by atoms with Crippen LogP contribution in [0.5, 0.6) is 0 Å². The van der Waals surface area contributed by atoms with Gasteiger partial charge in [0.05, 0.1) is 23.8 Å². The van der Waals surface area contributed by atoms with Crippen molar-refractivity contribution in [3.8, 4) is 0 Å². The molecular formula is C18H24N4O3. The molecule has 0 bridgehead atoms. The average Bonchev–Trinajstić information content (AvgIpc) is 2.53. The second-order valence-corrected chi connectivity index (χ2v) is 6.88. The number of hydrogen-bond donors (Lipinski definition) is 1. The molecule has 2 rings (SSSR count). The molecule has 0 saturated heterocycles. The van der Waals surface area contributed by atoms with Crippen LogP contribution in [-0.4, -0.2) is 44.9 Å². The Morgan fingerprint density at radius 1 is 1.24 bits per heavy atom. The van der Waals surface area contributed by atoms with Gasteiger partial charge in [0.1, 0.15) is 6.54 Å². The number of amides is 2. The highest BCUT2D eigenvalue weighted by atomic mass is 16.2. The van der Waals surface area contributed by atoms with E-state index in [9.17, 15) is 14.4 Å².